The van der Waals surface area contributed by atoms with E-state index in [1.165, 1.54) is 6.20 Å². The molecule has 6 heteroatoms. The molecule has 2 aromatic heterocycles. The first-order valence-corrected chi connectivity index (χ1v) is 6.58. The van der Waals surface area contributed by atoms with E-state index in [9.17, 15) is 4.79 Å². The van der Waals surface area contributed by atoms with Crippen LogP contribution in [-0.4, -0.2) is 15.9 Å². The summed E-state index contributed by atoms with van der Waals surface area (Å²) in [5.41, 5.74) is 7.28. The van der Waals surface area contributed by atoms with Crippen molar-refractivity contribution >= 4 is 39.7 Å². The molecule has 1 aromatic carbocycles. The minimum absolute atomic E-state index is 0.230. The van der Waals surface area contributed by atoms with E-state index in [0.717, 1.165) is 0 Å². The maximum absolute atomic E-state index is 12.4. The molecule has 0 aliphatic carbocycles. The zero-order valence-corrected chi connectivity index (χ0v) is 11.6. The van der Waals surface area contributed by atoms with Crippen LogP contribution < -0.4 is 11.1 Å². The predicted octanol–water partition coefficient (Wildman–Crippen LogP) is 3.12. The lowest BCUT2D eigenvalue weighted by atomic mass is 10.1. The van der Waals surface area contributed by atoms with Crippen LogP contribution in [0.3, 0.4) is 0 Å². The Kier molecular flexibility index (Phi) is 3.41. The first-order chi connectivity index (χ1) is 10.2. The van der Waals surface area contributed by atoms with Crippen molar-refractivity contribution in [2.45, 2.75) is 0 Å². The molecule has 3 rings (SSSR count). The third-order valence-electron chi connectivity index (χ3n) is 3.04. The van der Waals surface area contributed by atoms with Crippen LogP contribution in [0, 0.1) is 0 Å². The largest absolute Gasteiger partial charge is 0.398 e. The van der Waals surface area contributed by atoms with E-state index < -0.39 is 0 Å². The fourth-order valence-corrected chi connectivity index (χ4v) is 2.33. The van der Waals surface area contributed by atoms with Crippen LogP contribution in [0.2, 0.25) is 5.02 Å². The van der Waals surface area contributed by atoms with Crippen molar-refractivity contribution in [3.05, 3.63) is 59.6 Å². The van der Waals surface area contributed by atoms with Gasteiger partial charge in [-0.1, -0.05) is 11.6 Å². The number of hydrogen-bond acceptors (Lipinski definition) is 4. The van der Waals surface area contributed by atoms with Gasteiger partial charge < -0.3 is 11.1 Å². The third-order valence-corrected chi connectivity index (χ3v) is 3.36. The molecule has 0 bridgehead atoms. The normalized spacial score (nSPS) is 10.5. The molecule has 3 aromatic rings. The molecule has 0 fully saturated rings. The highest BCUT2D eigenvalue weighted by atomic mass is 35.5. The molecule has 1 amide bonds. The van der Waals surface area contributed by atoms with Crippen LogP contribution in [-0.2, 0) is 0 Å². The average Bonchev–Trinajstić information content (AvgIpc) is 2.51. The molecule has 0 saturated carbocycles. The number of carbonyl (C=O) groups excluding carboxylic acids is 1. The molecule has 0 aliphatic rings. The van der Waals surface area contributed by atoms with Gasteiger partial charge in [-0.2, -0.15) is 0 Å². The summed E-state index contributed by atoms with van der Waals surface area (Å²) in [5, 5.41) is 4.41. The molecular formula is C15H11ClN4O. The maximum atomic E-state index is 12.4. The Morgan fingerprint density at radius 1 is 1.19 bits per heavy atom. The summed E-state index contributed by atoms with van der Waals surface area (Å²) >= 11 is 6.19. The number of aromatic nitrogens is 2. The van der Waals surface area contributed by atoms with Gasteiger partial charge in [0.1, 0.15) is 5.69 Å². The lowest BCUT2D eigenvalue weighted by Gasteiger charge is -2.09. The van der Waals surface area contributed by atoms with Crippen LogP contribution in [0.25, 0.3) is 10.8 Å². The number of carbonyl (C=O) groups is 1. The first kappa shape index (κ1) is 13.3. The third kappa shape index (κ3) is 2.51. The van der Waals surface area contributed by atoms with Gasteiger partial charge in [-0.25, -0.2) is 0 Å². The zero-order valence-electron chi connectivity index (χ0n) is 10.9. The van der Waals surface area contributed by atoms with Crippen LogP contribution in [0.15, 0.2) is 48.9 Å². The Labute approximate surface area is 125 Å². The molecule has 2 heterocycles. The van der Waals surface area contributed by atoms with Gasteiger partial charge in [0, 0.05) is 28.9 Å². The number of pyridine rings is 2. The molecule has 5 nitrogen and oxygen atoms in total. The van der Waals surface area contributed by atoms with Crippen molar-refractivity contribution in [3.63, 3.8) is 0 Å². The van der Waals surface area contributed by atoms with Crippen molar-refractivity contribution in [2.24, 2.45) is 0 Å². The van der Waals surface area contributed by atoms with Crippen molar-refractivity contribution in [3.8, 4) is 0 Å². The van der Waals surface area contributed by atoms with E-state index in [1.807, 2.05) is 0 Å². The van der Waals surface area contributed by atoms with E-state index in [4.69, 9.17) is 17.3 Å². The standard InChI is InChI=1S/C15H11ClN4O/c16-11-3-4-12(17)10-5-7-19-14(13(10)11)15(21)20-9-2-1-6-18-8-9/h1-8H,17H2,(H,20,21). The van der Waals surface area contributed by atoms with E-state index >= 15 is 0 Å². The summed E-state index contributed by atoms with van der Waals surface area (Å²) in [6, 6.07) is 8.57. The molecule has 0 atom stereocenters. The predicted molar refractivity (Wildman–Crippen MR) is 83.4 cm³/mol. The molecule has 0 spiro atoms. The van der Waals surface area contributed by atoms with Gasteiger partial charge in [-0.3, -0.25) is 14.8 Å². The summed E-state index contributed by atoms with van der Waals surface area (Å²) in [7, 11) is 0. The number of halogens is 1. The summed E-state index contributed by atoms with van der Waals surface area (Å²) in [4.78, 5) is 20.5. The quantitative estimate of drug-likeness (QED) is 0.712. The topological polar surface area (TPSA) is 80.9 Å². The van der Waals surface area contributed by atoms with Gasteiger partial charge >= 0.3 is 0 Å². The summed E-state index contributed by atoms with van der Waals surface area (Å²) in [6.07, 6.45) is 4.72. The van der Waals surface area contributed by atoms with Gasteiger partial charge in [0.05, 0.1) is 16.9 Å². The van der Waals surface area contributed by atoms with E-state index in [-0.39, 0.29) is 11.6 Å². The van der Waals surface area contributed by atoms with Gasteiger partial charge in [-0.05, 0) is 30.3 Å². The number of nitrogens with zero attached hydrogens (tertiary/aromatic N) is 2. The second kappa shape index (κ2) is 5.38. The SMILES string of the molecule is Nc1ccc(Cl)c2c(C(=O)Nc3cccnc3)nccc12. The van der Waals surface area contributed by atoms with Gasteiger partial charge in [-0.15, -0.1) is 0 Å². The summed E-state index contributed by atoms with van der Waals surface area (Å²) in [5.74, 6) is -0.360. The second-order valence-corrected chi connectivity index (χ2v) is 4.82. The second-order valence-electron chi connectivity index (χ2n) is 4.41. The van der Waals surface area contributed by atoms with Crippen molar-refractivity contribution < 1.29 is 4.79 Å². The Balaban J connectivity index is 2.08. The number of anilines is 2. The zero-order chi connectivity index (χ0) is 14.8. The minimum atomic E-state index is -0.360. The summed E-state index contributed by atoms with van der Waals surface area (Å²) in [6.45, 7) is 0. The average molecular weight is 299 g/mol. The number of fused-ring (bicyclic) bond motifs is 1. The molecule has 21 heavy (non-hydrogen) atoms. The summed E-state index contributed by atoms with van der Waals surface area (Å²) < 4.78 is 0. The number of nitrogens with one attached hydrogen (secondary N) is 1. The monoisotopic (exact) mass is 298 g/mol. The fraction of sp³-hybridized carbons (Fsp3) is 0. The minimum Gasteiger partial charge on any atom is -0.398 e. The molecular weight excluding hydrogens is 288 g/mol. The van der Waals surface area contributed by atoms with Crippen molar-refractivity contribution in [1.82, 2.24) is 9.97 Å². The Hall–Kier alpha value is -2.66. The number of benzene rings is 1. The van der Waals surface area contributed by atoms with Crippen LogP contribution in [0.1, 0.15) is 10.5 Å². The Bertz CT molecular complexity index is 821. The van der Waals surface area contributed by atoms with Gasteiger partial charge in [0.2, 0.25) is 0 Å². The van der Waals surface area contributed by atoms with Crippen molar-refractivity contribution in [2.75, 3.05) is 11.1 Å². The van der Waals surface area contributed by atoms with Crippen molar-refractivity contribution in [1.29, 1.82) is 0 Å². The molecule has 0 unspecified atom stereocenters. The Morgan fingerprint density at radius 2 is 2.05 bits per heavy atom. The number of nitrogens with two attached hydrogens (primary N) is 1. The Morgan fingerprint density at radius 3 is 2.81 bits per heavy atom. The van der Waals surface area contributed by atoms with E-state index in [1.54, 1.807) is 42.7 Å². The van der Waals surface area contributed by atoms with Gasteiger partial charge in [0.25, 0.3) is 5.91 Å². The number of nitrogen functional groups attached to an aromatic ring is 1. The van der Waals surface area contributed by atoms with Crippen LogP contribution in [0.4, 0.5) is 11.4 Å². The maximum Gasteiger partial charge on any atom is 0.274 e. The highest BCUT2D eigenvalue weighted by molar-refractivity contribution is 6.37. The number of amides is 1. The molecule has 0 aliphatic heterocycles. The highest BCUT2D eigenvalue weighted by Crippen LogP contribution is 2.30. The molecule has 3 N–H and O–H groups in total. The fourth-order valence-electron chi connectivity index (χ4n) is 2.08. The lowest BCUT2D eigenvalue weighted by molar-refractivity contribution is 0.102. The van der Waals surface area contributed by atoms with Crippen LogP contribution in [0.5, 0.6) is 0 Å². The van der Waals surface area contributed by atoms with E-state index in [2.05, 4.69) is 15.3 Å². The molecule has 0 radical (unpaired) electrons. The van der Waals surface area contributed by atoms with E-state index in [0.29, 0.717) is 27.2 Å². The highest BCUT2D eigenvalue weighted by Gasteiger charge is 2.15. The molecule has 104 valence electrons. The molecule has 0 saturated heterocycles. The first-order valence-electron chi connectivity index (χ1n) is 6.21. The number of hydrogen-bond donors (Lipinski definition) is 2. The lowest BCUT2D eigenvalue weighted by Crippen LogP contribution is -2.14. The van der Waals surface area contributed by atoms with Crippen LogP contribution >= 0.6 is 11.6 Å². The van der Waals surface area contributed by atoms with Gasteiger partial charge in [0.15, 0.2) is 0 Å². The smallest absolute Gasteiger partial charge is 0.274 e. The number of rotatable bonds is 2.